The maximum atomic E-state index is 12.9. The van der Waals surface area contributed by atoms with Gasteiger partial charge >= 0.3 is 0 Å². The fraction of sp³-hybridized carbons (Fsp3) is 0.160. The highest BCUT2D eigenvalue weighted by molar-refractivity contribution is 7.80. The van der Waals surface area contributed by atoms with Gasteiger partial charge in [-0.05, 0) is 60.7 Å². The van der Waals surface area contributed by atoms with Gasteiger partial charge in [-0.2, -0.15) is 0 Å². The van der Waals surface area contributed by atoms with Crippen LogP contribution >= 0.6 is 12.2 Å². The van der Waals surface area contributed by atoms with Gasteiger partial charge in [-0.3, -0.25) is 9.78 Å². The number of carbonyl (C=O) groups excluding carboxylic acids is 1. The zero-order valence-electron chi connectivity index (χ0n) is 17.8. The first-order valence-corrected chi connectivity index (χ1v) is 11.1. The molecule has 4 heterocycles. The van der Waals surface area contributed by atoms with E-state index in [2.05, 4.69) is 26.3 Å². The van der Waals surface area contributed by atoms with E-state index in [4.69, 9.17) is 16.6 Å². The van der Waals surface area contributed by atoms with Crippen LogP contribution in [0.5, 0.6) is 0 Å². The molecule has 8 heteroatoms. The first kappa shape index (κ1) is 21.0. The molecule has 1 aliphatic heterocycles. The zero-order chi connectivity index (χ0) is 22.6. The average Bonchev–Trinajstić information content (AvgIpc) is 3.57. The first-order valence-electron chi connectivity index (χ1n) is 10.7. The highest BCUT2D eigenvalue weighted by atomic mass is 32.1. The van der Waals surface area contributed by atoms with Gasteiger partial charge in [0.15, 0.2) is 5.11 Å². The van der Waals surface area contributed by atoms with E-state index in [-0.39, 0.29) is 24.5 Å². The predicted octanol–water partition coefficient (Wildman–Crippen LogP) is 4.14. The lowest BCUT2D eigenvalue weighted by Crippen LogP contribution is -2.37. The molecule has 1 aliphatic rings. The largest absolute Gasteiger partial charge is 0.467 e. The molecule has 0 aliphatic carbocycles. The summed E-state index contributed by atoms with van der Waals surface area (Å²) in [4.78, 5) is 19.4. The van der Waals surface area contributed by atoms with E-state index in [1.807, 2.05) is 77.8 Å². The number of thiocarbonyl (C=S) groups is 1. The molecule has 3 aromatic heterocycles. The summed E-state index contributed by atoms with van der Waals surface area (Å²) in [5, 5.41) is 6.87. The van der Waals surface area contributed by atoms with Crippen molar-refractivity contribution in [3.63, 3.8) is 0 Å². The lowest BCUT2D eigenvalue weighted by molar-refractivity contribution is -0.116. The summed E-state index contributed by atoms with van der Waals surface area (Å²) in [5.41, 5.74) is 2.63. The van der Waals surface area contributed by atoms with Crippen molar-refractivity contribution in [2.24, 2.45) is 0 Å². The molecule has 0 spiro atoms. The zero-order valence-corrected chi connectivity index (χ0v) is 18.6. The molecule has 7 nitrogen and oxygen atoms in total. The van der Waals surface area contributed by atoms with Crippen LogP contribution in [-0.4, -0.2) is 32.0 Å². The lowest BCUT2D eigenvalue weighted by atomic mass is 10.0. The third-order valence-corrected chi connectivity index (χ3v) is 6.00. The number of para-hydroxylation sites is 1. The van der Waals surface area contributed by atoms with Crippen molar-refractivity contribution in [2.75, 3.05) is 11.9 Å². The minimum absolute atomic E-state index is 0.112. The average molecular weight is 458 g/mol. The number of nitrogens with zero attached hydrogens (tertiary/aromatic N) is 3. The number of nitrogens with one attached hydrogen (secondary N) is 2. The van der Waals surface area contributed by atoms with Crippen LogP contribution in [0.4, 0.5) is 5.69 Å². The van der Waals surface area contributed by atoms with Crippen molar-refractivity contribution < 1.29 is 9.21 Å². The SMILES string of the molecule is O=C(CN1C(=S)N[C@H](c2ccccn2)[C@H]1c1cccn1Cc1ccco1)Nc1ccccc1. The van der Waals surface area contributed by atoms with Crippen molar-refractivity contribution in [1.82, 2.24) is 19.8 Å². The fourth-order valence-electron chi connectivity index (χ4n) is 4.18. The molecule has 0 radical (unpaired) electrons. The van der Waals surface area contributed by atoms with Gasteiger partial charge in [-0.25, -0.2) is 0 Å². The molecular weight excluding hydrogens is 434 g/mol. The van der Waals surface area contributed by atoms with E-state index >= 15 is 0 Å². The molecule has 166 valence electrons. The molecule has 1 aromatic carbocycles. The van der Waals surface area contributed by atoms with Crippen LogP contribution in [0.3, 0.4) is 0 Å². The second kappa shape index (κ2) is 9.30. The molecule has 5 rings (SSSR count). The molecule has 2 N–H and O–H groups in total. The monoisotopic (exact) mass is 457 g/mol. The Morgan fingerprint density at radius 3 is 2.67 bits per heavy atom. The Hall–Kier alpha value is -3.91. The standard InChI is InChI=1S/C25H23N5O2S/c31-22(27-18-8-2-1-3-9-18)17-30-24(23(28-25(30)33)20-11-4-5-13-26-20)21-12-6-14-29(21)16-19-10-7-15-32-19/h1-15,23-24H,16-17H2,(H,27,31)(H,28,33)/t23-,24-/m1/s1. The van der Waals surface area contributed by atoms with Crippen molar-refractivity contribution >= 4 is 28.9 Å². The van der Waals surface area contributed by atoms with E-state index in [1.54, 1.807) is 12.5 Å². The Morgan fingerprint density at radius 2 is 1.91 bits per heavy atom. The Morgan fingerprint density at radius 1 is 1.06 bits per heavy atom. The summed E-state index contributed by atoms with van der Waals surface area (Å²) >= 11 is 5.69. The summed E-state index contributed by atoms with van der Waals surface area (Å²) in [6.07, 6.45) is 5.45. The molecule has 0 bridgehead atoms. The van der Waals surface area contributed by atoms with Gasteiger partial charge in [0, 0.05) is 23.8 Å². The topological polar surface area (TPSA) is 75.3 Å². The molecule has 4 aromatic rings. The highest BCUT2D eigenvalue weighted by Crippen LogP contribution is 2.38. The van der Waals surface area contributed by atoms with Gasteiger partial charge in [0.05, 0.1) is 30.6 Å². The number of furan rings is 1. The van der Waals surface area contributed by atoms with Crippen LogP contribution in [0.25, 0.3) is 0 Å². The van der Waals surface area contributed by atoms with E-state index in [1.165, 1.54) is 0 Å². The van der Waals surface area contributed by atoms with Crippen molar-refractivity contribution in [3.05, 3.63) is 109 Å². The van der Waals surface area contributed by atoms with Crippen molar-refractivity contribution in [3.8, 4) is 0 Å². The lowest BCUT2D eigenvalue weighted by Gasteiger charge is -2.28. The summed E-state index contributed by atoms with van der Waals surface area (Å²) in [5.74, 6) is 0.713. The van der Waals surface area contributed by atoms with Crippen LogP contribution in [0.15, 0.2) is 95.9 Å². The minimum atomic E-state index is -0.223. The van der Waals surface area contributed by atoms with E-state index in [0.717, 1.165) is 22.8 Å². The van der Waals surface area contributed by atoms with E-state index in [9.17, 15) is 4.79 Å². The van der Waals surface area contributed by atoms with Crippen molar-refractivity contribution in [1.29, 1.82) is 0 Å². The normalized spacial score (nSPS) is 17.7. The maximum Gasteiger partial charge on any atom is 0.244 e. The van der Waals surface area contributed by atoms with Gasteiger partial charge in [0.1, 0.15) is 12.3 Å². The number of hydrogen-bond acceptors (Lipinski definition) is 4. The quantitative estimate of drug-likeness (QED) is 0.407. The van der Waals surface area contributed by atoms with Crippen LogP contribution in [-0.2, 0) is 11.3 Å². The molecule has 1 fully saturated rings. The number of rotatable bonds is 7. The predicted molar refractivity (Wildman–Crippen MR) is 129 cm³/mol. The second-order valence-corrected chi connectivity index (χ2v) is 8.20. The number of hydrogen-bond donors (Lipinski definition) is 2. The maximum absolute atomic E-state index is 12.9. The van der Waals surface area contributed by atoms with Gasteiger partial charge in [-0.15, -0.1) is 0 Å². The van der Waals surface area contributed by atoms with Crippen LogP contribution in [0, 0.1) is 0 Å². The van der Waals surface area contributed by atoms with Gasteiger partial charge < -0.3 is 24.5 Å². The number of benzene rings is 1. The summed E-state index contributed by atoms with van der Waals surface area (Å²) in [7, 11) is 0. The summed E-state index contributed by atoms with van der Waals surface area (Å²) in [6, 6.07) is 22.7. The third-order valence-electron chi connectivity index (χ3n) is 5.64. The Bertz CT molecular complexity index is 1220. The third kappa shape index (κ3) is 4.51. The molecule has 0 unspecified atom stereocenters. The number of anilines is 1. The molecule has 2 atom stereocenters. The molecule has 0 saturated carbocycles. The smallest absolute Gasteiger partial charge is 0.244 e. The molecular formula is C25H23N5O2S. The van der Waals surface area contributed by atoms with Crippen LogP contribution < -0.4 is 10.6 Å². The molecule has 33 heavy (non-hydrogen) atoms. The summed E-state index contributed by atoms with van der Waals surface area (Å²) in [6.45, 7) is 0.693. The van der Waals surface area contributed by atoms with Gasteiger partial charge in [-0.1, -0.05) is 24.3 Å². The summed E-state index contributed by atoms with van der Waals surface area (Å²) < 4.78 is 7.68. The Kier molecular flexibility index (Phi) is 5.91. The minimum Gasteiger partial charge on any atom is -0.467 e. The number of pyridine rings is 1. The van der Waals surface area contributed by atoms with Gasteiger partial charge in [0.25, 0.3) is 0 Å². The highest BCUT2D eigenvalue weighted by Gasteiger charge is 2.41. The van der Waals surface area contributed by atoms with E-state index in [0.29, 0.717) is 11.7 Å². The molecule has 1 saturated heterocycles. The fourth-order valence-corrected chi connectivity index (χ4v) is 4.49. The van der Waals surface area contributed by atoms with E-state index < -0.39 is 0 Å². The Labute approximate surface area is 197 Å². The number of carbonyl (C=O) groups is 1. The van der Waals surface area contributed by atoms with Crippen molar-refractivity contribution in [2.45, 2.75) is 18.6 Å². The van der Waals surface area contributed by atoms with Gasteiger partial charge in [0.2, 0.25) is 5.91 Å². The number of amides is 1. The first-order chi connectivity index (χ1) is 16.2. The number of aromatic nitrogens is 2. The second-order valence-electron chi connectivity index (χ2n) is 7.81. The van der Waals surface area contributed by atoms with Crippen LogP contribution in [0.1, 0.15) is 29.2 Å². The Balaban J connectivity index is 1.46. The molecule has 1 amide bonds. The van der Waals surface area contributed by atoms with Crippen LogP contribution in [0.2, 0.25) is 0 Å².